The average Bonchev–Trinajstić information content (AvgIpc) is 3.16. The van der Waals surface area contributed by atoms with Crippen LogP contribution in [-0.2, 0) is 16.1 Å². The zero-order chi connectivity index (χ0) is 21.1. The molecule has 0 aliphatic carbocycles. The highest BCUT2D eigenvalue weighted by Crippen LogP contribution is 2.27. The third kappa shape index (κ3) is 4.08. The van der Waals surface area contributed by atoms with E-state index < -0.39 is 0 Å². The lowest BCUT2D eigenvalue weighted by Crippen LogP contribution is -2.32. The van der Waals surface area contributed by atoms with E-state index in [4.69, 9.17) is 0 Å². The maximum absolute atomic E-state index is 12.8. The number of nitrogens with zero attached hydrogens (tertiary/aromatic N) is 3. The molecule has 30 heavy (non-hydrogen) atoms. The SMILES string of the molecule is Cc1ccc(N2CC(C(=O)NCc3cccnc3-c3cccnc3)CC2=O)cc1C. The van der Waals surface area contributed by atoms with Gasteiger partial charge in [0.2, 0.25) is 11.8 Å². The molecule has 2 aromatic heterocycles. The monoisotopic (exact) mass is 400 g/mol. The Kier molecular flexibility index (Phi) is 5.57. The lowest BCUT2D eigenvalue weighted by atomic mass is 10.1. The van der Waals surface area contributed by atoms with Crippen molar-refractivity contribution in [1.82, 2.24) is 15.3 Å². The normalized spacial score (nSPS) is 16.0. The van der Waals surface area contributed by atoms with Crippen LogP contribution in [0, 0.1) is 19.8 Å². The fraction of sp³-hybridized carbons (Fsp3) is 0.250. The van der Waals surface area contributed by atoms with Gasteiger partial charge in [-0.1, -0.05) is 12.1 Å². The summed E-state index contributed by atoms with van der Waals surface area (Å²) in [6, 6.07) is 13.5. The van der Waals surface area contributed by atoms with Gasteiger partial charge in [0.25, 0.3) is 0 Å². The molecule has 0 saturated carbocycles. The van der Waals surface area contributed by atoms with Crippen LogP contribution in [0.3, 0.4) is 0 Å². The molecule has 1 aliphatic rings. The van der Waals surface area contributed by atoms with Crippen LogP contribution in [0.5, 0.6) is 0 Å². The molecule has 1 atom stereocenters. The molecule has 6 heteroatoms. The van der Waals surface area contributed by atoms with Gasteiger partial charge in [-0.05, 0) is 60.9 Å². The molecule has 3 heterocycles. The van der Waals surface area contributed by atoms with Crippen molar-refractivity contribution >= 4 is 17.5 Å². The largest absolute Gasteiger partial charge is 0.352 e. The smallest absolute Gasteiger partial charge is 0.227 e. The standard InChI is InChI=1S/C24H24N4O2/c1-16-7-8-21(11-17(16)2)28-15-20(12-22(28)29)24(30)27-14-19-6-4-10-26-23(19)18-5-3-9-25-13-18/h3-11,13,20H,12,14-15H2,1-2H3,(H,27,30). The van der Waals surface area contributed by atoms with Crippen LogP contribution in [0.15, 0.2) is 61.1 Å². The molecular weight excluding hydrogens is 376 g/mol. The summed E-state index contributed by atoms with van der Waals surface area (Å²) in [7, 11) is 0. The van der Waals surface area contributed by atoms with Crippen molar-refractivity contribution < 1.29 is 9.59 Å². The minimum atomic E-state index is -0.363. The number of carbonyl (C=O) groups excluding carboxylic acids is 2. The van der Waals surface area contributed by atoms with Crippen LogP contribution >= 0.6 is 0 Å². The predicted molar refractivity (Wildman–Crippen MR) is 116 cm³/mol. The first-order chi connectivity index (χ1) is 14.5. The summed E-state index contributed by atoms with van der Waals surface area (Å²) in [5.41, 5.74) is 5.77. The van der Waals surface area contributed by atoms with Crippen molar-refractivity contribution in [2.24, 2.45) is 5.92 Å². The number of carbonyl (C=O) groups is 2. The molecule has 3 aromatic rings. The van der Waals surface area contributed by atoms with E-state index in [2.05, 4.69) is 15.3 Å². The van der Waals surface area contributed by atoms with Crippen LogP contribution < -0.4 is 10.2 Å². The number of aromatic nitrogens is 2. The molecule has 1 unspecified atom stereocenters. The van der Waals surface area contributed by atoms with Crippen molar-refractivity contribution in [1.29, 1.82) is 0 Å². The van der Waals surface area contributed by atoms with E-state index in [0.717, 1.165) is 28.1 Å². The lowest BCUT2D eigenvalue weighted by Gasteiger charge is -2.18. The second kappa shape index (κ2) is 8.45. The Balaban J connectivity index is 1.43. The predicted octanol–water partition coefficient (Wildman–Crippen LogP) is 3.43. The molecule has 1 aromatic carbocycles. The van der Waals surface area contributed by atoms with E-state index in [1.165, 1.54) is 5.56 Å². The van der Waals surface area contributed by atoms with Gasteiger partial charge in [-0.15, -0.1) is 0 Å². The van der Waals surface area contributed by atoms with E-state index in [9.17, 15) is 9.59 Å². The van der Waals surface area contributed by atoms with E-state index in [-0.39, 0.29) is 24.2 Å². The Bertz CT molecular complexity index is 1080. The van der Waals surface area contributed by atoms with Gasteiger partial charge in [-0.25, -0.2) is 0 Å². The topological polar surface area (TPSA) is 75.2 Å². The molecule has 1 aliphatic heterocycles. The summed E-state index contributed by atoms with van der Waals surface area (Å²) in [5.74, 6) is -0.496. The molecule has 1 fully saturated rings. The number of aryl methyl sites for hydroxylation is 2. The number of hydrogen-bond donors (Lipinski definition) is 1. The fourth-order valence-electron chi connectivity index (χ4n) is 3.70. The maximum Gasteiger partial charge on any atom is 0.227 e. The van der Waals surface area contributed by atoms with Crippen LogP contribution in [0.4, 0.5) is 5.69 Å². The van der Waals surface area contributed by atoms with Gasteiger partial charge in [0, 0.05) is 49.4 Å². The van der Waals surface area contributed by atoms with Crippen molar-refractivity contribution in [3.05, 3.63) is 77.7 Å². The molecule has 6 nitrogen and oxygen atoms in total. The first-order valence-electron chi connectivity index (χ1n) is 10.0. The van der Waals surface area contributed by atoms with Crippen molar-refractivity contribution in [2.75, 3.05) is 11.4 Å². The number of benzene rings is 1. The summed E-state index contributed by atoms with van der Waals surface area (Å²) in [4.78, 5) is 35.6. The fourth-order valence-corrected chi connectivity index (χ4v) is 3.70. The van der Waals surface area contributed by atoms with E-state index in [1.807, 2.05) is 56.3 Å². The highest BCUT2D eigenvalue weighted by Gasteiger charge is 2.35. The summed E-state index contributed by atoms with van der Waals surface area (Å²) in [6.45, 7) is 4.82. The van der Waals surface area contributed by atoms with Crippen LogP contribution in [0.25, 0.3) is 11.3 Å². The Labute approximate surface area is 176 Å². The minimum Gasteiger partial charge on any atom is -0.352 e. The zero-order valence-corrected chi connectivity index (χ0v) is 17.1. The lowest BCUT2D eigenvalue weighted by molar-refractivity contribution is -0.126. The Morgan fingerprint density at radius 2 is 1.97 bits per heavy atom. The van der Waals surface area contributed by atoms with Crippen LogP contribution in [0.1, 0.15) is 23.1 Å². The van der Waals surface area contributed by atoms with E-state index in [0.29, 0.717) is 13.1 Å². The molecule has 0 bridgehead atoms. The Morgan fingerprint density at radius 3 is 2.73 bits per heavy atom. The van der Waals surface area contributed by atoms with Gasteiger partial charge in [0.05, 0.1) is 11.6 Å². The van der Waals surface area contributed by atoms with E-state index >= 15 is 0 Å². The van der Waals surface area contributed by atoms with Gasteiger partial charge in [-0.2, -0.15) is 0 Å². The molecular formula is C24H24N4O2. The molecule has 2 amide bonds. The van der Waals surface area contributed by atoms with Gasteiger partial charge < -0.3 is 10.2 Å². The number of nitrogens with one attached hydrogen (secondary N) is 1. The molecule has 0 spiro atoms. The minimum absolute atomic E-state index is 0.0178. The van der Waals surface area contributed by atoms with Crippen LogP contribution in [-0.4, -0.2) is 28.3 Å². The summed E-state index contributed by atoms with van der Waals surface area (Å²) >= 11 is 0. The summed E-state index contributed by atoms with van der Waals surface area (Å²) in [5, 5.41) is 2.99. The Morgan fingerprint density at radius 1 is 1.13 bits per heavy atom. The van der Waals surface area contributed by atoms with Crippen molar-refractivity contribution in [3.8, 4) is 11.3 Å². The van der Waals surface area contributed by atoms with Gasteiger partial charge >= 0.3 is 0 Å². The van der Waals surface area contributed by atoms with Gasteiger partial charge in [0.15, 0.2) is 0 Å². The highest BCUT2D eigenvalue weighted by atomic mass is 16.2. The maximum atomic E-state index is 12.8. The number of anilines is 1. The number of rotatable bonds is 5. The zero-order valence-electron chi connectivity index (χ0n) is 17.1. The quantitative estimate of drug-likeness (QED) is 0.712. The summed E-state index contributed by atoms with van der Waals surface area (Å²) < 4.78 is 0. The van der Waals surface area contributed by atoms with Crippen LogP contribution in [0.2, 0.25) is 0 Å². The number of hydrogen-bond acceptors (Lipinski definition) is 4. The second-order valence-corrected chi connectivity index (χ2v) is 7.64. The van der Waals surface area contributed by atoms with Gasteiger partial charge in [-0.3, -0.25) is 19.6 Å². The van der Waals surface area contributed by atoms with Gasteiger partial charge in [0.1, 0.15) is 0 Å². The average molecular weight is 400 g/mol. The first kappa shape index (κ1) is 19.8. The number of pyridine rings is 2. The molecule has 0 radical (unpaired) electrons. The summed E-state index contributed by atoms with van der Waals surface area (Å²) in [6.07, 6.45) is 5.42. The van der Waals surface area contributed by atoms with Crippen molar-refractivity contribution in [3.63, 3.8) is 0 Å². The molecule has 1 N–H and O–H groups in total. The van der Waals surface area contributed by atoms with Crippen molar-refractivity contribution in [2.45, 2.75) is 26.8 Å². The molecule has 1 saturated heterocycles. The molecule has 152 valence electrons. The third-order valence-electron chi connectivity index (χ3n) is 5.58. The Hall–Kier alpha value is -3.54. The second-order valence-electron chi connectivity index (χ2n) is 7.64. The highest BCUT2D eigenvalue weighted by molar-refractivity contribution is 6.00. The van der Waals surface area contributed by atoms with E-state index in [1.54, 1.807) is 23.5 Å². The third-order valence-corrected chi connectivity index (χ3v) is 5.58. The first-order valence-corrected chi connectivity index (χ1v) is 10.0. The molecule has 4 rings (SSSR count). The number of amides is 2.